The fourth-order valence-corrected chi connectivity index (χ4v) is 2.59. The Labute approximate surface area is 130 Å². The molecule has 0 spiro atoms. The summed E-state index contributed by atoms with van der Waals surface area (Å²) in [5.41, 5.74) is -0.712. The Kier molecular flexibility index (Phi) is 4.91. The summed E-state index contributed by atoms with van der Waals surface area (Å²) in [4.78, 5) is 12.5. The third-order valence-corrected chi connectivity index (χ3v) is 4.35. The van der Waals surface area contributed by atoms with Crippen molar-refractivity contribution in [1.29, 1.82) is 0 Å². The molecule has 21 heavy (non-hydrogen) atoms. The highest BCUT2D eigenvalue weighted by atomic mass is 35.5. The maximum Gasteiger partial charge on any atom is 0.230 e. The average molecular weight is 312 g/mol. The molecule has 1 aromatic carbocycles. The van der Waals surface area contributed by atoms with E-state index in [2.05, 4.69) is 5.32 Å². The van der Waals surface area contributed by atoms with Crippen molar-refractivity contribution in [1.82, 2.24) is 5.32 Å². The van der Waals surface area contributed by atoms with Crippen LogP contribution in [0.4, 0.5) is 0 Å². The number of hydrogen-bond acceptors (Lipinski definition) is 3. The topological polar surface area (TPSA) is 58.6 Å². The monoisotopic (exact) mass is 311 g/mol. The van der Waals surface area contributed by atoms with Crippen LogP contribution >= 0.6 is 11.6 Å². The van der Waals surface area contributed by atoms with Gasteiger partial charge in [-0.1, -0.05) is 23.7 Å². The van der Waals surface area contributed by atoms with E-state index in [-0.39, 0.29) is 12.5 Å². The molecule has 116 valence electrons. The molecular weight excluding hydrogens is 290 g/mol. The third kappa shape index (κ3) is 3.96. The van der Waals surface area contributed by atoms with Crippen molar-refractivity contribution < 1.29 is 14.6 Å². The van der Waals surface area contributed by atoms with Gasteiger partial charge in [0.25, 0.3) is 0 Å². The SMILES string of the molecule is CC(C)(C(=O)NCC1(O)CCOCC1)c1cccc(Cl)c1. The van der Waals surface area contributed by atoms with Gasteiger partial charge in [-0.25, -0.2) is 0 Å². The molecule has 0 atom stereocenters. The minimum atomic E-state index is -0.863. The Bertz CT molecular complexity index is 510. The predicted octanol–water partition coefficient (Wildman–Crippen LogP) is 2.28. The summed E-state index contributed by atoms with van der Waals surface area (Å²) in [7, 11) is 0. The van der Waals surface area contributed by atoms with Crippen molar-refractivity contribution in [2.75, 3.05) is 19.8 Å². The summed E-state index contributed by atoms with van der Waals surface area (Å²) in [6, 6.07) is 7.29. The number of carbonyl (C=O) groups is 1. The van der Waals surface area contributed by atoms with Gasteiger partial charge >= 0.3 is 0 Å². The van der Waals surface area contributed by atoms with Crippen molar-refractivity contribution in [3.8, 4) is 0 Å². The van der Waals surface area contributed by atoms with Crippen LogP contribution in [-0.4, -0.2) is 36.4 Å². The number of nitrogens with one attached hydrogen (secondary N) is 1. The van der Waals surface area contributed by atoms with Gasteiger partial charge in [-0.3, -0.25) is 4.79 Å². The smallest absolute Gasteiger partial charge is 0.230 e. The number of aliphatic hydroxyl groups is 1. The zero-order valence-electron chi connectivity index (χ0n) is 12.5. The number of ether oxygens (including phenoxy) is 1. The molecule has 0 unspecified atom stereocenters. The third-order valence-electron chi connectivity index (χ3n) is 4.12. The van der Waals surface area contributed by atoms with E-state index in [4.69, 9.17) is 16.3 Å². The van der Waals surface area contributed by atoms with Crippen LogP contribution in [0, 0.1) is 0 Å². The molecule has 0 saturated carbocycles. The summed E-state index contributed by atoms with van der Waals surface area (Å²) < 4.78 is 5.23. The van der Waals surface area contributed by atoms with Gasteiger partial charge in [0.1, 0.15) is 0 Å². The maximum absolute atomic E-state index is 12.5. The number of halogens is 1. The molecule has 1 amide bonds. The summed E-state index contributed by atoms with van der Waals surface area (Å²) in [6.07, 6.45) is 1.09. The molecule has 2 rings (SSSR count). The minimum Gasteiger partial charge on any atom is -0.388 e. The molecule has 0 aromatic heterocycles. The van der Waals surface area contributed by atoms with Crippen LogP contribution in [0.2, 0.25) is 5.02 Å². The van der Waals surface area contributed by atoms with Crippen LogP contribution < -0.4 is 5.32 Å². The normalized spacial score (nSPS) is 18.3. The van der Waals surface area contributed by atoms with Crippen molar-refractivity contribution >= 4 is 17.5 Å². The fourth-order valence-electron chi connectivity index (χ4n) is 2.40. The van der Waals surface area contributed by atoms with E-state index in [0.717, 1.165) is 5.56 Å². The van der Waals surface area contributed by atoms with E-state index in [0.29, 0.717) is 31.1 Å². The van der Waals surface area contributed by atoms with E-state index < -0.39 is 11.0 Å². The molecule has 1 fully saturated rings. The predicted molar refractivity (Wildman–Crippen MR) is 82.5 cm³/mol. The van der Waals surface area contributed by atoms with Gasteiger partial charge in [-0.15, -0.1) is 0 Å². The highest BCUT2D eigenvalue weighted by Gasteiger charge is 2.34. The van der Waals surface area contributed by atoms with Crippen LogP contribution in [0.15, 0.2) is 24.3 Å². The molecule has 0 radical (unpaired) electrons. The lowest BCUT2D eigenvalue weighted by molar-refractivity contribution is -0.128. The lowest BCUT2D eigenvalue weighted by Gasteiger charge is -2.33. The molecule has 1 aliphatic rings. The van der Waals surface area contributed by atoms with Crippen molar-refractivity contribution in [2.45, 2.75) is 37.7 Å². The van der Waals surface area contributed by atoms with E-state index in [1.54, 1.807) is 12.1 Å². The number of carbonyl (C=O) groups excluding carboxylic acids is 1. The zero-order chi connectivity index (χ0) is 15.5. The molecule has 1 aliphatic heterocycles. The van der Waals surface area contributed by atoms with Gasteiger partial charge in [-0.2, -0.15) is 0 Å². The lowest BCUT2D eigenvalue weighted by atomic mass is 9.83. The lowest BCUT2D eigenvalue weighted by Crippen LogP contribution is -2.50. The summed E-state index contributed by atoms with van der Waals surface area (Å²) >= 11 is 5.99. The molecule has 1 saturated heterocycles. The average Bonchev–Trinajstić information content (AvgIpc) is 2.45. The van der Waals surface area contributed by atoms with E-state index in [1.807, 2.05) is 26.0 Å². The van der Waals surface area contributed by atoms with Gasteiger partial charge in [0.2, 0.25) is 5.91 Å². The largest absolute Gasteiger partial charge is 0.388 e. The first kappa shape index (κ1) is 16.3. The van der Waals surface area contributed by atoms with Gasteiger partial charge in [0, 0.05) is 37.6 Å². The first-order valence-corrected chi connectivity index (χ1v) is 7.56. The highest BCUT2D eigenvalue weighted by Crippen LogP contribution is 2.26. The minimum absolute atomic E-state index is 0.121. The Morgan fingerprint density at radius 2 is 2.10 bits per heavy atom. The molecule has 5 heteroatoms. The van der Waals surface area contributed by atoms with Crippen LogP contribution in [0.5, 0.6) is 0 Å². The molecular formula is C16H22ClNO3. The maximum atomic E-state index is 12.5. The molecule has 1 aromatic rings. The second kappa shape index (κ2) is 6.34. The second-order valence-corrected chi connectivity index (χ2v) is 6.59. The van der Waals surface area contributed by atoms with Crippen LogP contribution in [0.3, 0.4) is 0 Å². The standard InChI is InChI=1S/C16H22ClNO3/c1-15(2,12-4-3-5-13(17)10-12)14(19)18-11-16(20)6-8-21-9-7-16/h3-5,10,20H,6-9,11H2,1-2H3,(H,18,19). The summed E-state index contributed by atoms with van der Waals surface area (Å²) in [6.45, 7) is 5.01. The second-order valence-electron chi connectivity index (χ2n) is 6.15. The van der Waals surface area contributed by atoms with E-state index in [9.17, 15) is 9.90 Å². The molecule has 0 aliphatic carbocycles. The van der Waals surface area contributed by atoms with E-state index >= 15 is 0 Å². The summed E-state index contributed by atoms with van der Waals surface area (Å²) in [5, 5.41) is 13.9. The first-order valence-electron chi connectivity index (χ1n) is 7.18. The molecule has 1 heterocycles. The van der Waals surface area contributed by atoms with Gasteiger partial charge in [-0.05, 0) is 31.5 Å². The Hall–Kier alpha value is -1.10. The molecule has 4 nitrogen and oxygen atoms in total. The number of hydrogen-bond donors (Lipinski definition) is 2. The summed E-state index contributed by atoms with van der Waals surface area (Å²) in [5.74, 6) is -0.121. The van der Waals surface area contributed by atoms with Crippen molar-refractivity contribution in [2.24, 2.45) is 0 Å². The molecule has 2 N–H and O–H groups in total. The Morgan fingerprint density at radius 1 is 1.43 bits per heavy atom. The molecule has 0 bridgehead atoms. The quantitative estimate of drug-likeness (QED) is 0.897. The van der Waals surface area contributed by atoms with Gasteiger partial charge < -0.3 is 15.2 Å². The number of benzene rings is 1. The number of rotatable bonds is 4. The first-order chi connectivity index (χ1) is 9.83. The van der Waals surface area contributed by atoms with Crippen LogP contribution in [0.1, 0.15) is 32.3 Å². The van der Waals surface area contributed by atoms with Crippen LogP contribution in [0.25, 0.3) is 0 Å². The van der Waals surface area contributed by atoms with E-state index in [1.165, 1.54) is 0 Å². The van der Waals surface area contributed by atoms with Crippen molar-refractivity contribution in [3.63, 3.8) is 0 Å². The zero-order valence-corrected chi connectivity index (χ0v) is 13.2. The van der Waals surface area contributed by atoms with Gasteiger partial charge in [0.05, 0.1) is 11.0 Å². The Balaban J connectivity index is 2.01. The number of amides is 1. The fraction of sp³-hybridized carbons (Fsp3) is 0.562. The van der Waals surface area contributed by atoms with Gasteiger partial charge in [0.15, 0.2) is 0 Å². The highest BCUT2D eigenvalue weighted by molar-refractivity contribution is 6.30. The van der Waals surface area contributed by atoms with Crippen LogP contribution in [-0.2, 0) is 14.9 Å². The van der Waals surface area contributed by atoms with Crippen molar-refractivity contribution in [3.05, 3.63) is 34.9 Å². The Morgan fingerprint density at radius 3 is 2.71 bits per heavy atom.